The lowest BCUT2D eigenvalue weighted by molar-refractivity contribution is -0.140. The van der Waals surface area contributed by atoms with Gasteiger partial charge in [0.2, 0.25) is 0 Å². The molecular formula is C7H14N2O6S. The van der Waals surface area contributed by atoms with Gasteiger partial charge >= 0.3 is 22.3 Å². The van der Waals surface area contributed by atoms with Crippen molar-refractivity contribution in [2.24, 2.45) is 5.92 Å². The topological polar surface area (TPSA) is 122 Å². The minimum Gasteiger partial charge on any atom is -0.480 e. The van der Waals surface area contributed by atoms with Crippen molar-refractivity contribution < 1.29 is 27.9 Å². The third-order valence-corrected chi connectivity index (χ3v) is 2.62. The highest BCUT2D eigenvalue weighted by Crippen LogP contribution is 2.02. The van der Waals surface area contributed by atoms with Crippen LogP contribution < -0.4 is 9.44 Å². The van der Waals surface area contributed by atoms with Crippen molar-refractivity contribution in [1.29, 1.82) is 0 Å². The largest absolute Gasteiger partial charge is 0.480 e. The first-order chi connectivity index (χ1) is 7.19. The lowest BCUT2D eigenvalue weighted by atomic mass is 10.1. The van der Waals surface area contributed by atoms with E-state index in [9.17, 15) is 18.0 Å². The van der Waals surface area contributed by atoms with Crippen molar-refractivity contribution in [1.82, 2.24) is 9.44 Å². The molecule has 0 bridgehead atoms. The van der Waals surface area contributed by atoms with Gasteiger partial charge in [-0.15, -0.1) is 0 Å². The molecule has 94 valence electrons. The number of nitrogens with one attached hydrogen (secondary N) is 2. The van der Waals surface area contributed by atoms with E-state index in [2.05, 4.69) is 4.74 Å². The maximum absolute atomic E-state index is 11.2. The Morgan fingerprint density at radius 2 is 1.81 bits per heavy atom. The van der Waals surface area contributed by atoms with E-state index < -0.39 is 34.2 Å². The molecule has 0 spiro atoms. The summed E-state index contributed by atoms with van der Waals surface area (Å²) in [6, 6.07) is -1.32. The van der Waals surface area contributed by atoms with E-state index in [-0.39, 0.29) is 0 Å². The van der Waals surface area contributed by atoms with Crippen molar-refractivity contribution in [3.63, 3.8) is 0 Å². The van der Waals surface area contributed by atoms with Crippen molar-refractivity contribution in [2.45, 2.75) is 19.9 Å². The second-order valence-corrected chi connectivity index (χ2v) is 4.72. The molecule has 0 radical (unpaired) electrons. The number of rotatable bonds is 5. The van der Waals surface area contributed by atoms with Gasteiger partial charge in [0.1, 0.15) is 6.04 Å². The molecule has 0 aliphatic carbocycles. The van der Waals surface area contributed by atoms with E-state index in [1.54, 1.807) is 0 Å². The van der Waals surface area contributed by atoms with Crippen LogP contribution in [-0.4, -0.2) is 38.7 Å². The Kier molecular flexibility index (Phi) is 5.18. The summed E-state index contributed by atoms with van der Waals surface area (Å²) in [5, 5.41) is 8.73. The number of carbonyl (C=O) groups excluding carboxylic acids is 1. The van der Waals surface area contributed by atoms with Crippen LogP contribution >= 0.6 is 0 Å². The number of hydrogen-bond donors (Lipinski definition) is 3. The van der Waals surface area contributed by atoms with Crippen molar-refractivity contribution in [3.05, 3.63) is 0 Å². The van der Waals surface area contributed by atoms with Gasteiger partial charge in [-0.1, -0.05) is 13.8 Å². The number of ether oxygens (including phenoxy) is 1. The fourth-order valence-corrected chi connectivity index (χ4v) is 1.89. The van der Waals surface area contributed by atoms with E-state index in [4.69, 9.17) is 5.11 Å². The number of aliphatic carboxylic acids is 1. The summed E-state index contributed by atoms with van der Waals surface area (Å²) in [4.78, 5) is 21.4. The second-order valence-electron chi connectivity index (χ2n) is 3.27. The predicted octanol–water partition coefficient (Wildman–Crippen LogP) is -0.714. The second kappa shape index (κ2) is 5.66. The molecule has 0 heterocycles. The molecule has 16 heavy (non-hydrogen) atoms. The Labute approximate surface area is 93.2 Å². The highest BCUT2D eigenvalue weighted by atomic mass is 32.2. The van der Waals surface area contributed by atoms with Gasteiger partial charge in [0.15, 0.2) is 0 Å². The molecule has 0 saturated heterocycles. The average Bonchev–Trinajstić information content (AvgIpc) is 2.12. The SMILES string of the molecule is COC(=O)NS(=O)(=O)N[C@@H](C(=O)O)C(C)C. The van der Waals surface area contributed by atoms with Gasteiger partial charge < -0.3 is 9.84 Å². The molecule has 8 nitrogen and oxygen atoms in total. The average molecular weight is 254 g/mol. The molecule has 1 amide bonds. The molecule has 0 aromatic heterocycles. The van der Waals surface area contributed by atoms with Crippen LogP contribution in [0, 0.1) is 5.92 Å². The third kappa shape index (κ3) is 4.94. The summed E-state index contributed by atoms with van der Waals surface area (Å²) < 4.78 is 29.8. The molecule has 0 saturated carbocycles. The maximum atomic E-state index is 11.2. The van der Waals surface area contributed by atoms with Gasteiger partial charge in [0.25, 0.3) is 0 Å². The van der Waals surface area contributed by atoms with Crippen molar-refractivity contribution in [3.8, 4) is 0 Å². The zero-order valence-electron chi connectivity index (χ0n) is 9.05. The first-order valence-corrected chi connectivity index (χ1v) is 5.78. The smallest absolute Gasteiger partial charge is 0.421 e. The lowest BCUT2D eigenvalue weighted by Crippen LogP contribution is -2.50. The van der Waals surface area contributed by atoms with Gasteiger partial charge in [0, 0.05) is 0 Å². The Morgan fingerprint density at radius 1 is 1.31 bits per heavy atom. The molecule has 0 aromatic carbocycles. The van der Waals surface area contributed by atoms with Crippen LogP contribution in [0.5, 0.6) is 0 Å². The summed E-state index contributed by atoms with van der Waals surface area (Å²) in [7, 11) is -3.25. The number of hydrogen-bond acceptors (Lipinski definition) is 5. The van der Waals surface area contributed by atoms with Gasteiger partial charge in [-0.25, -0.2) is 9.52 Å². The van der Waals surface area contributed by atoms with Crippen LogP contribution in [0.15, 0.2) is 0 Å². The van der Waals surface area contributed by atoms with E-state index in [0.717, 1.165) is 7.11 Å². The number of methoxy groups -OCH3 is 1. The monoisotopic (exact) mass is 254 g/mol. The summed E-state index contributed by atoms with van der Waals surface area (Å²) >= 11 is 0. The van der Waals surface area contributed by atoms with E-state index in [1.807, 2.05) is 4.72 Å². The summed E-state index contributed by atoms with van der Waals surface area (Å²) in [6.45, 7) is 3.05. The molecule has 0 aliphatic heterocycles. The van der Waals surface area contributed by atoms with Crippen molar-refractivity contribution in [2.75, 3.05) is 7.11 Å². The number of carboxylic acid groups (broad SMARTS) is 1. The highest BCUT2D eigenvalue weighted by molar-refractivity contribution is 7.88. The van der Waals surface area contributed by atoms with Gasteiger partial charge in [-0.05, 0) is 5.92 Å². The Hall–Kier alpha value is -1.35. The lowest BCUT2D eigenvalue weighted by Gasteiger charge is -2.17. The molecule has 0 fully saturated rings. The standard InChI is InChI=1S/C7H14N2O6S/c1-4(2)5(6(10)11)8-16(13,14)9-7(12)15-3/h4-5,8H,1-3H3,(H,9,12)(H,10,11)/t5-/m1/s1. The van der Waals surface area contributed by atoms with E-state index in [1.165, 1.54) is 18.6 Å². The van der Waals surface area contributed by atoms with E-state index in [0.29, 0.717) is 0 Å². The number of amides is 1. The van der Waals surface area contributed by atoms with Crippen LogP contribution in [0.25, 0.3) is 0 Å². The minimum absolute atomic E-state index is 0.466. The summed E-state index contributed by atoms with van der Waals surface area (Å²) in [6.07, 6.45) is -1.19. The van der Waals surface area contributed by atoms with E-state index >= 15 is 0 Å². The molecule has 1 atom stereocenters. The fourth-order valence-electron chi connectivity index (χ4n) is 0.820. The minimum atomic E-state index is -4.24. The zero-order valence-corrected chi connectivity index (χ0v) is 9.87. The number of carbonyl (C=O) groups is 2. The summed E-state index contributed by atoms with van der Waals surface area (Å²) in [5.41, 5.74) is 0. The number of carboxylic acids is 1. The summed E-state index contributed by atoms with van der Waals surface area (Å²) in [5.74, 6) is -1.79. The van der Waals surface area contributed by atoms with Crippen LogP contribution in [0.3, 0.4) is 0 Å². The molecule has 0 aromatic rings. The quantitative estimate of drug-likeness (QED) is 0.595. The van der Waals surface area contributed by atoms with Gasteiger partial charge in [0.05, 0.1) is 7.11 Å². The zero-order chi connectivity index (χ0) is 12.9. The van der Waals surface area contributed by atoms with Crippen molar-refractivity contribution >= 4 is 22.3 Å². The molecule has 9 heteroatoms. The van der Waals surface area contributed by atoms with Gasteiger partial charge in [-0.2, -0.15) is 13.1 Å². The third-order valence-electron chi connectivity index (χ3n) is 1.62. The Balaban J connectivity index is 4.68. The molecule has 0 rings (SSSR count). The molecular weight excluding hydrogens is 240 g/mol. The normalized spacial score (nSPS) is 13.2. The van der Waals surface area contributed by atoms with Crippen LogP contribution in [0.4, 0.5) is 4.79 Å². The molecule has 0 unspecified atom stereocenters. The molecule has 3 N–H and O–H groups in total. The fraction of sp³-hybridized carbons (Fsp3) is 0.714. The van der Waals surface area contributed by atoms with Gasteiger partial charge in [-0.3, -0.25) is 4.79 Å². The Bertz CT molecular complexity index is 363. The van der Waals surface area contributed by atoms with Crippen LogP contribution in [-0.2, 0) is 19.7 Å². The first-order valence-electron chi connectivity index (χ1n) is 4.30. The maximum Gasteiger partial charge on any atom is 0.421 e. The predicted molar refractivity (Wildman–Crippen MR) is 53.9 cm³/mol. The molecule has 0 aliphatic rings. The first kappa shape index (κ1) is 14.6. The Morgan fingerprint density at radius 3 is 2.12 bits per heavy atom. The van der Waals surface area contributed by atoms with Crippen LogP contribution in [0.1, 0.15) is 13.8 Å². The highest BCUT2D eigenvalue weighted by Gasteiger charge is 2.27. The van der Waals surface area contributed by atoms with Crippen LogP contribution in [0.2, 0.25) is 0 Å².